The number of hydrogen-bond acceptors (Lipinski definition) is 3. The number of hydrogen-bond donors (Lipinski definition) is 3. The first-order valence-corrected chi connectivity index (χ1v) is 6.98. The largest absolute Gasteiger partial charge is 0.325 e. The Kier molecular flexibility index (Phi) is 4.91. The third kappa shape index (κ3) is 3.93. The van der Waals surface area contributed by atoms with Gasteiger partial charge >= 0.3 is 0 Å². The van der Waals surface area contributed by atoms with Crippen LogP contribution in [0.25, 0.3) is 0 Å². The van der Waals surface area contributed by atoms with E-state index in [1.165, 1.54) is 0 Å². The smallest absolute Gasteiger partial charge is 0.255 e. The molecule has 0 spiro atoms. The van der Waals surface area contributed by atoms with Gasteiger partial charge in [-0.1, -0.05) is 17.7 Å². The van der Waals surface area contributed by atoms with Crippen molar-refractivity contribution in [2.24, 2.45) is 5.73 Å². The maximum atomic E-state index is 12.2. The standard InChI is InChI=1S/C17H19N3O2/c1-11-3-5-13(6-4-11)17(22)20-15-8-7-14(9-12(15)2)19-16(21)10-18/h3-9H,10,18H2,1-2H3,(H,19,21)(H,20,22). The lowest BCUT2D eigenvalue weighted by molar-refractivity contribution is -0.114. The van der Waals surface area contributed by atoms with E-state index in [-0.39, 0.29) is 18.4 Å². The molecule has 2 aromatic carbocycles. The molecule has 2 aromatic rings. The molecule has 0 aliphatic carbocycles. The van der Waals surface area contributed by atoms with E-state index in [2.05, 4.69) is 10.6 Å². The molecule has 2 rings (SSSR count). The van der Waals surface area contributed by atoms with Crippen LogP contribution in [-0.2, 0) is 4.79 Å². The molecule has 5 heteroatoms. The van der Waals surface area contributed by atoms with Crippen LogP contribution in [0.1, 0.15) is 21.5 Å². The monoisotopic (exact) mass is 297 g/mol. The van der Waals surface area contributed by atoms with Crippen molar-refractivity contribution in [3.8, 4) is 0 Å². The van der Waals surface area contributed by atoms with E-state index in [0.717, 1.165) is 11.1 Å². The van der Waals surface area contributed by atoms with Crippen molar-refractivity contribution in [3.05, 3.63) is 59.2 Å². The number of amides is 2. The predicted octanol–water partition coefficient (Wildman–Crippen LogP) is 2.45. The van der Waals surface area contributed by atoms with Gasteiger partial charge in [0.25, 0.3) is 5.91 Å². The molecule has 22 heavy (non-hydrogen) atoms. The third-order valence-corrected chi connectivity index (χ3v) is 3.26. The molecule has 0 aromatic heterocycles. The number of aryl methyl sites for hydroxylation is 2. The zero-order valence-electron chi connectivity index (χ0n) is 12.6. The highest BCUT2D eigenvalue weighted by molar-refractivity contribution is 6.04. The summed E-state index contributed by atoms with van der Waals surface area (Å²) >= 11 is 0. The molecule has 0 saturated heterocycles. The number of carbonyl (C=O) groups is 2. The first-order valence-electron chi connectivity index (χ1n) is 6.98. The second kappa shape index (κ2) is 6.87. The van der Waals surface area contributed by atoms with Crippen LogP contribution in [0.3, 0.4) is 0 Å². The van der Waals surface area contributed by atoms with Gasteiger partial charge < -0.3 is 16.4 Å². The van der Waals surface area contributed by atoms with E-state index in [9.17, 15) is 9.59 Å². The maximum absolute atomic E-state index is 12.2. The fourth-order valence-electron chi connectivity index (χ4n) is 1.99. The Morgan fingerprint density at radius 3 is 2.27 bits per heavy atom. The summed E-state index contributed by atoms with van der Waals surface area (Å²) in [6.45, 7) is 3.77. The van der Waals surface area contributed by atoms with E-state index in [4.69, 9.17) is 5.73 Å². The molecule has 0 fully saturated rings. The number of nitrogens with two attached hydrogens (primary N) is 1. The Labute approximate surface area is 129 Å². The van der Waals surface area contributed by atoms with E-state index in [0.29, 0.717) is 16.9 Å². The van der Waals surface area contributed by atoms with Crippen LogP contribution in [0.5, 0.6) is 0 Å². The minimum absolute atomic E-state index is 0.0645. The zero-order valence-corrected chi connectivity index (χ0v) is 12.6. The van der Waals surface area contributed by atoms with Gasteiger partial charge in [0.2, 0.25) is 5.91 Å². The zero-order chi connectivity index (χ0) is 16.1. The average Bonchev–Trinajstić information content (AvgIpc) is 2.50. The van der Waals surface area contributed by atoms with Crippen LogP contribution < -0.4 is 16.4 Å². The highest BCUT2D eigenvalue weighted by atomic mass is 16.2. The Morgan fingerprint density at radius 2 is 1.68 bits per heavy atom. The number of rotatable bonds is 4. The summed E-state index contributed by atoms with van der Waals surface area (Å²) in [6, 6.07) is 12.6. The summed E-state index contributed by atoms with van der Waals surface area (Å²) in [7, 11) is 0. The van der Waals surface area contributed by atoms with Crippen molar-refractivity contribution < 1.29 is 9.59 Å². The molecular formula is C17H19N3O2. The molecule has 0 bridgehead atoms. The van der Waals surface area contributed by atoms with Crippen LogP contribution in [-0.4, -0.2) is 18.4 Å². The second-order valence-electron chi connectivity index (χ2n) is 5.10. The number of benzene rings is 2. The Balaban J connectivity index is 2.11. The minimum atomic E-state index is -0.254. The summed E-state index contributed by atoms with van der Waals surface area (Å²) in [4.78, 5) is 23.5. The molecule has 0 heterocycles. The summed E-state index contributed by atoms with van der Waals surface area (Å²) in [5.41, 5.74) is 9.18. The Hall–Kier alpha value is -2.66. The molecule has 5 nitrogen and oxygen atoms in total. The summed E-state index contributed by atoms with van der Waals surface area (Å²) in [5.74, 6) is -0.419. The Bertz CT molecular complexity index is 694. The SMILES string of the molecule is Cc1ccc(C(=O)Nc2ccc(NC(=O)CN)cc2C)cc1. The van der Waals surface area contributed by atoms with Crippen molar-refractivity contribution in [2.75, 3.05) is 17.2 Å². The molecule has 0 saturated carbocycles. The lowest BCUT2D eigenvalue weighted by atomic mass is 10.1. The molecule has 0 atom stereocenters. The molecule has 0 unspecified atom stereocenters. The third-order valence-electron chi connectivity index (χ3n) is 3.26. The fourth-order valence-corrected chi connectivity index (χ4v) is 1.99. The van der Waals surface area contributed by atoms with Gasteiger partial charge in [0, 0.05) is 16.9 Å². The van der Waals surface area contributed by atoms with E-state index in [1.54, 1.807) is 30.3 Å². The van der Waals surface area contributed by atoms with Gasteiger partial charge in [-0.2, -0.15) is 0 Å². The lowest BCUT2D eigenvalue weighted by Gasteiger charge is -2.11. The molecule has 4 N–H and O–H groups in total. The van der Waals surface area contributed by atoms with Gasteiger partial charge in [0.15, 0.2) is 0 Å². The molecule has 0 aliphatic rings. The van der Waals surface area contributed by atoms with Gasteiger partial charge in [-0.15, -0.1) is 0 Å². The molecule has 0 radical (unpaired) electrons. The minimum Gasteiger partial charge on any atom is -0.325 e. The Morgan fingerprint density at radius 1 is 1.00 bits per heavy atom. The number of carbonyl (C=O) groups excluding carboxylic acids is 2. The van der Waals surface area contributed by atoms with Crippen LogP contribution in [0.4, 0.5) is 11.4 Å². The molecule has 2 amide bonds. The summed E-state index contributed by atoms with van der Waals surface area (Å²) < 4.78 is 0. The normalized spacial score (nSPS) is 10.1. The fraction of sp³-hybridized carbons (Fsp3) is 0.176. The number of nitrogens with one attached hydrogen (secondary N) is 2. The van der Waals surface area contributed by atoms with E-state index < -0.39 is 0 Å². The lowest BCUT2D eigenvalue weighted by Crippen LogP contribution is -2.21. The quantitative estimate of drug-likeness (QED) is 0.810. The van der Waals surface area contributed by atoms with Crippen molar-refractivity contribution in [3.63, 3.8) is 0 Å². The van der Waals surface area contributed by atoms with Crippen molar-refractivity contribution in [1.29, 1.82) is 0 Å². The van der Waals surface area contributed by atoms with Crippen LogP contribution >= 0.6 is 0 Å². The van der Waals surface area contributed by atoms with E-state index >= 15 is 0 Å². The van der Waals surface area contributed by atoms with Gasteiger partial charge in [0.1, 0.15) is 0 Å². The van der Waals surface area contributed by atoms with Crippen molar-refractivity contribution in [1.82, 2.24) is 0 Å². The first-order chi connectivity index (χ1) is 10.5. The van der Waals surface area contributed by atoms with Gasteiger partial charge in [-0.25, -0.2) is 0 Å². The van der Waals surface area contributed by atoms with E-state index in [1.807, 2.05) is 26.0 Å². The summed E-state index contributed by atoms with van der Waals surface area (Å²) in [5, 5.41) is 5.54. The highest BCUT2D eigenvalue weighted by Crippen LogP contribution is 2.20. The highest BCUT2D eigenvalue weighted by Gasteiger charge is 2.08. The van der Waals surface area contributed by atoms with Crippen LogP contribution in [0, 0.1) is 13.8 Å². The molecule has 0 aliphatic heterocycles. The van der Waals surface area contributed by atoms with Crippen LogP contribution in [0.15, 0.2) is 42.5 Å². The topological polar surface area (TPSA) is 84.2 Å². The molecule has 114 valence electrons. The van der Waals surface area contributed by atoms with Crippen molar-refractivity contribution in [2.45, 2.75) is 13.8 Å². The molecular weight excluding hydrogens is 278 g/mol. The van der Waals surface area contributed by atoms with Gasteiger partial charge in [-0.05, 0) is 49.7 Å². The second-order valence-corrected chi connectivity index (χ2v) is 5.10. The average molecular weight is 297 g/mol. The predicted molar refractivity (Wildman–Crippen MR) is 88.0 cm³/mol. The van der Waals surface area contributed by atoms with Gasteiger partial charge in [-0.3, -0.25) is 9.59 Å². The summed E-state index contributed by atoms with van der Waals surface area (Å²) in [6.07, 6.45) is 0. The van der Waals surface area contributed by atoms with Crippen molar-refractivity contribution >= 4 is 23.2 Å². The maximum Gasteiger partial charge on any atom is 0.255 e. The first kappa shape index (κ1) is 15.7. The van der Waals surface area contributed by atoms with Crippen LogP contribution in [0.2, 0.25) is 0 Å². The van der Waals surface area contributed by atoms with Gasteiger partial charge in [0.05, 0.1) is 6.54 Å². The number of anilines is 2.